The van der Waals surface area contributed by atoms with Gasteiger partial charge in [0.25, 0.3) is 0 Å². The Morgan fingerprint density at radius 3 is 2.81 bits per heavy atom. The molecule has 3 rings (SSSR count). The molecular weight excluding hydrogens is 264 g/mol. The number of hydrogen-bond acceptors (Lipinski definition) is 2. The van der Waals surface area contributed by atoms with Gasteiger partial charge in [0.05, 0.1) is 17.5 Å². The molecule has 4 nitrogen and oxygen atoms in total. The Morgan fingerprint density at radius 1 is 1.29 bits per heavy atom. The standard InChI is InChI=1S/C17H22N2O2/c20-17(21)11-12-19-15-8-4-3-7-14(15)18-16(19)10-9-13-5-1-2-6-13/h3-4,7-8,13H,1-2,5-6,9-12H2,(H,20,21). The first-order valence-corrected chi connectivity index (χ1v) is 7.90. The molecule has 112 valence electrons. The van der Waals surface area contributed by atoms with Crippen LogP contribution in [0.3, 0.4) is 0 Å². The Hall–Kier alpha value is -1.84. The lowest BCUT2D eigenvalue weighted by Gasteiger charge is -2.10. The molecule has 0 amide bonds. The first-order chi connectivity index (χ1) is 10.2. The quantitative estimate of drug-likeness (QED) is 0.882. The molecule has 0 spiro atoms. The molecule has 0 radical (unpaired) electrons. The molecule has 0 unspecified atom stereocenters. The summed E-state index contributed by atoms with van der Waals surface area (Å²) in [5.41, 5.74) is 2.03. The van der Waals surface area contributed by atoms with Gasteiger partial charge in [0, 0.05) is 13.0 Å². The van der Waals surface area contributed by atoms with Crippen LogP contribution in [0.5, 0.6) is 0 Å². The zero-order chi connectivity index (χ0) is 14.7. The first-order valence-electron chi connectivity index (χ1n) is 7.90. The molecule has 0 atom stereocenters. The summed E-state index contributed by atoms with van der Waals surface area (Å²) in [6.45, 7) is 0.510. The number of aromatic nitrogens is 2. The molecule has 1 heterocycles. The van der Waals surface area contributed by atoms with Crippen molar-refractivity contribution in [2.45, 2.75) is 51.5 Å². The summed E-state index contributed by atoms with van der Waals surface area (Å²) in [5, 5.41) is 8.94. The maximum atomic E-state index is 10.9. The van der Waals surface area contributed by atoms with E-state index < -0.39 is 5.97 Å². The van der Waals surface area contributed by atoms with Crippen LogP contribution in [0, 0.1) is 5.92 Å². The molecule has 2 aromatic rings. The van der Waals surface area contributed by atoms with Gasteiger partial charge in [-0.1, -0.05) is 37.8 Å². The summed E-state index contributed by atoms with van der Waals surface area (Å²) in [7, 11) is 0. The Morgan fingerprint density at radius 2 is 2.05 bits per heavy atom. The van der Waals surface area contributed by atoms with Crippen LogP contribution in [0.15, 0.2) is 24.3 Å². The zero-order valence-corrected chi connectivity index (χ0v) is 12.3. The summed E-state index contributed by atoms with van der Waals surface area (Å²) in [6, 6.07) is 8.01. The predicted molar refractivity (Wildman–Crippen MR) is 82.3 cm³/mol. The highest BCUT2D eigenvalue weighted by Crippen LogP contribution is 2.29. The third-order valence-corrected chi connectivity index (χ3v) is 4.53. The second-order valence-electron chi connectivity index (χ2n) is 6.00. The van der Waals surface area contributed by atoms with E-state index in [2.05, 4.69) is 4.57 Å². The van der Waals surface area contributed by atoms with Gasteiger partial charge in [-0.25, -0.2) is 4.98 Å². The first kappa shape index (κ1) is 14.1. The molecule has 0 aliphatic heterocycles. The maximum Gasteiger partial charge on any atom is 0.305 e. The van der Waals surface area contributed by atoms with E-state index >= 15 is 0 Å². The zero-order valence-electron chi connectivity index (χ0n) is 12.3. The highest BCUT2D eigenvalue weighted by atomic mass is 16.4. The van der Waals surface area contributed by atoms with E-state index in [9.17, 15) is 4.79 Å². The SMILES string of the molecule is O=C(O)CCn1c(CCC2CCCC2)nc2ccccc21. The van der Waals surface area contributed by atoms with Gasteiger partial charge >= 0.3 is 5.97 Å². The van der Waals surface area contributed by atoms with Gasteiger partial charge in [-0.05, 0) is 24.5 Å². The number of para-hydroxylation sites is 2. The normalized spacial score (nSPS) is 15.8. The summed E-state index contributed by atoms with van der Waals surface area (Å²) in [4.78, 5) is 15.6. The van der Waals surface area contributed by atoms with Gasteiger partial charge in [0.15, 0.2) is 0 Å². The highest BCUT2D eigenvalue weighted by Gasteiger charge is 2.17. The fourth-order valence-corrected chi connectivity index (χ4v) is 3.41. The number of carboxylic acids is 1. The number of fused-ring (bicyclic) bond motifs is 1. The van der Waals surface area contributed by atoms with Crippen LogP contribution in [0.25, 0.3) is 11.0 Å². The van der Waals surface area contributed by atoms with Crippen molar-refractivity contribution in [3.8, 4) is 0 Å². The molecule has 4 heteroatoms. The van der Waals surface area contributed by atoms with E-state index in [1.807, 2.05) is 24.3 Å². The average molecular weight is 286 g/mol. The van der Waals surface area contributed by atoms with Gasteiger partial charge in [-0.2, -0.15) is 0 Å². The number of nitrogens with zero attached hydrogens (tertiary/aromatic N) is 2. The average Bonchev–Trinajstić information content (AvgIpc) is 3.10. The van der Waals surface area contributed by atoms with Crippen LogP contribution < -0.4 is 0 Å². The topological polar surface area (TPSA) is 55.1 Å². The van der Waals surface area contributed by atoms with Gasteiger partial charge in [-0.3, -0.25) is 4.79 Å². The van der Waals surface area contributed by atoms with Crippen molar-refractivity contribution in [1.82, 2.24) is 9.55 Å². The fourth-order valence-electron chi connectivity index (χ4n) is 3.41. The number of aryl methyl sites for hydroxylation is 2. The third kappa shape index (κ3) is 3.26. The van der Waals surface area contributed by atoms with Crippen LogP contribution in [0.4, 0.5) is 0 Å². The van der Waals surface area contributed by atoms with E-state index in [0.29, 0.717) is 6.54 Å². The third-order valence-electron chi connectivity index (χ3n) is 4.53. The molecule has 1 saturated carbocycles. The predicted octanol–water partition coefficient (Wildman–Crippen LogP) is 3.63. The molecule has 21 heavy (non-hydrogen) atoms. The van der Waals surface area contributed by atoms with Crippen LogP contribution in [-0.2, 0) is 17.8 Å². The number of rotatable bonds is 6. The molecule has 0 saturated heterocycles. The molecule has 1 aromatic carbocycles. The summed E-state index contributed by atoms with van der Waals surface area (Å²) in [5.74, 6) is 1.12. The van der Waals surface area contributed by atoms with Crippen molar-refractivity contribution < 1.29 is 9.90 Å². The molecule has 0 bridgehead atoms. The minimum atomic E-state index is -0.755. The number of benzene rings is 1. The van der Waals surface area contributed by atoms with Crippen LogP contribution >= 0.6 is 0 Å². The second-order valence-corrected chi connectivity index (χ2v) is 6.00. The maximum absolute atomic E-state index is 10.9. The lowest BCUT2D eigenvalue weighted by molar-refractivity contribution is -0.137. The minimum Gasteiger partial charge on any atom is -0.481 e. The van der Waals surface area contributed by atoms with Gasteiger partial charge in [-0.15, -0.1) is 0 Å². The van der Waals surface area contributed by atoms with E-state index in [1.165, 1.54) is 32.1 Å². The van der Waals surface area contributed by atoms with Gasteiger partial charge in [0.1, 0.15) is 5.82 Å². The number of imidazole rings is 1. The van der Waals surface area contributed by atoms with E-state index in [4.69, 9.17) is 10.1 Å². The Bertz CT molecular complexity index is 627. The Labute approximate surface area is 124 Å². The summed E-state index contributed by atoms with van der Waals surface area (Å²) in [6.07, 6.45) is 7.69. The van der Waals surface area contributed by atoms with Crippen molar-refractivity contribution in [3.05, 3.63) is 30.1 Å². The minimum absolute atomic E-state index is 0.150. The molecular formula is C17H22N2O2. The smallest absolute Gasteiger partial charge is 0.305 e. The van der Waals surface area contributed by atoms with Gasteiger partial charge in [0.2, 0.25) is 0 Å². The number of aliphatic carboxylic acids is 1. The van der Waals surface area contributed by atoms with E-state index in [1.54, 1.807) is 0 Å². The number of hydrogen-bond donors (Lipinski definition) is 1. The van der Waals surface area contributed by atoms with Crippen molar-refractivity contribution in [1.29, 1.82) is 0 Å². The lowest BCUT2D eigenvalue weighted by atomic mass is 10.0. The molecule has 1 fully saturated rings. The second kappa shape index (κ2) is 6.29. The Kier molecular flexibility index (Phi) is 4.23. The van der Waals surface area contributed by atoms with E-state index in [-0.39, 0.29) is 6.42 Å². The summed E-state index contributed by atoms with van der Waals surface area (Å²) < 4.78 is 2.10. The number of carbonyl (C=O) groups is 1. The largest absolute Gasteiger partial charge is 0.481 e. The Balaban J connectivity index is 1.80. The molecule has 1 N–H and O–H groups in total. The lowest BCUT2D eigenvalue weighted by Crippen LogP contribution is -2.09. The van der Waals surface area contributed by atoms with Gasteiger partial charge < -0.3 is 9.67 Å². The molecule has 1 aromatic heterocycles. The molecule has 1 aliphatic rings. The molecule has 1 aliphatic carbocycles. The van der Waals surface area contributed by atoms with Crippen molar-refractivity contribution >= 4 is 17.0 Å². The van der Waals surface area contributed by atoms with Crippen LogP contribution in [0.1, 0.15) is 44.3 Å². The van der Waals surface area contributed by atoms with Crippen molar-refractivity contribution in [3.63, 3.8) is 0 Å². The summed E-state index contributed by atoms with van der Waals surface area (Å²) >= 11 is 0. The number of carboxylic acid groups (broad SMARTS) is 1. The van der Waals surface area contributed by atoms with E-state index in [0.717, 1.165) is 29.2 Å². The fraction of sp³-hybridized carbons (Fsp3) is 0.529. The van der Waals surface area contributed by atoms with Crippen LogP contribution in [0.2, 0.25) is 0 Å². The van der Waals surface area contributed by atoms with Crippen molar-refractivity contribution in [2.24, 2.45) is 5.92 Å². The highest BCUT2D eigenvalue weighted by molar-refractivity contribution is 5.76. The van der Waals surface area contributed by atoms with Crippen molar-refractivity contribution in [2.75, 3.05) is 0 Å². The van der Waals surface area contributed by atoms with Crippen LogP contribution in [-0.4, -0.2) is 20.6 Å². The monoisotopic (exact) mass is 286 g/mol.